The van der Waals surface area contributed by atoms with Crippen LogP contribution in [0.1, 0.15) is 112 Å². The molecule has 0 bridgehead atoms. The number of nitrogens with zero attached hydrogens (tertiary/aromatic N) is 3. The number of hydrogen-bond acceptors (Lipinski definition) is 9. The van der Waals surface area contributed by atoms with Gasteiger partial charge in [-0.2, -0.15) is 0 Å². The maximum Gasteiger partial charge on any atom is 0.305 e. The number of rotatable bonds is 19. The smallest absolute Gasteiger partial charge is 0.305 e. The molecule has 2 aromatic carbocycles. The van der Waals surface area contributed by atoms with Crippen LogP contribution in [0.4, 0.5) is 5.69 Å². The fraction of sp³-hybridized carbons (Fsp3) is 0.392. The molecule has 4 heterocycles. The van der Waals surface area contributed by atoms with Crippen molar-refractivity contribution in [1.29, 1.82) is 0 Å². The van der Waals surface area contributed by atoms with E-state index in [-0.39, 0.29) is 29.4 Å². The van der Waals surface area contributed by atoms with E-state index >= 15 is 0 Å². The number of aliphatic carboxylic acids is 2. The number of carbonyl (C=O) groups is 4. The summed E-state index contributed by atoms with van der Waals surface area (Å²) in [5, 5.41) is 37.0. The van der Waals surface area contributed by atoms with E-state index in [1.165, 1.54) is 33.5 Å². The number of aliphatic hydroxyl groups is 1. The molecule has 16 heteroatoms. The molecule has 2 amide bonds. The summed E-state index contributed by atoms with van der Waals surface area (Å²) in [4.78, 5) is 95.7. The normalized spacial score (nSPS) is 16.8. The molecule has 5 aromatic rings. The molecule has 0 spiro atoms. The highest BCUT2D eigenvalue weighted by atomic mass is 16.4. The SMILES string of the molecule is Cc1cc(=O)[nH]cc1-c1cccc([C@H](CC(=O)O)NC(=O)C(CC(C)C)n2ccc(C3CN(c4cccc([C@H](CC(=O)O)NC(=O)[C@H](CC(C)C)n5ccccc5=O)c4)CCC3O)cc2=O)c1. The molecule has 0 aliphatic carbocycles. The number of anilines is 1. The average Bonchev–Trinajstić information content (AvgIpc) is 3.27. The van der Waals surface area contributed by atoms with Gasteiger partial charge >= 0.3 is 11.9 Å². The van der Waals surface area contributed by atoms with Crippen molar-refractivity contribution in [3.05, 3.63) is 157 Å². The van der Waals surface area contributed by atoms with Gasteiger partial charge in [-0.3, -0.25) is 33.6 Å². The summed E-state index contributed by atoms with van der Waals surface area (Å²) < 4.78 is 2.70. The molecular formula is C51H60N6O10. The molecule has 0 radical (unpaired) electrons. The van der Waals surface area contributed by atoms with Gasteiger partial charge in [0.05, 0.1) is 31.0 Å². The molecule has 3 aromatic heterocycles. The van der Waals surface area contributed by atoms with E-state index in [2.05, 4.69) is 15.6 Å². The number of aromatic nitrogens is 3. The van der Waals surface area contributed by atoms with Crippen LogP contribution in [-0.2, 0) is 19.2 Å². The summed E-state index contributed by atoms with van der Waals surface area (Å²) in [6, 6.07) is 19.7. The Labute approximate surface area is 388 Å². The number of amides is 2. The maximum atomic E-state index is 14.2. The Morgan fingerprint density at radius 1 is 0.716 bits per heavy atom. The van der Waals surface area contributed by atoms with E-state index in [4.69, 9.17) is 0 Å². The van der Waals surface area contributed by atoms with Crippen LogP contribution in [0, 0.1) is 18.8 Å². The van der Waals surface area contributed by atoms with E-state index in [0.717, 1.165) is 16.7 Å². The molecule has 6 rings (SSSR count). The minimum Gasteiger partial charge on any atom is -0.481 e. The van der Waals surface area contributed by atoms with Crippen LogP contribution in [-0.4, -0.2) is 72.4 Å². The number of hydrogen-bond donors (Lipinski definition) is 6. The van der Waals surface area contributed by atoms with Crippen molar-refractivity contribution >= 4 is 29.4 Å². The first kappa shape index (κ1) is 49.4. The third-order valence-electron chi connectivity index (χ3n) is 12.3. The number of pyridine rings is 3. The minimum absolute atomic E-state index is 0.0328. The van der Waals surface area contributed by atoms with Gasteiger partial charge in [0.25, 0.3) is 11.1 Å². The van der Waals surface area contributed by atoms with Crippen molar-refractivity contribution in [2.75, 3.05) is 18.0 Å². The van der Waals surface area contributed by atoms with Crippen molar-refractivity contribution in [1.82, 2.24) is 24.8 Å². The predicted octanol–water partition coefficient (Wildman–Crippen LogP) is 5.87. The topological polar surface area (TPSA) is 233 Å². The number of H-pyrrole nitrogens is 1. The minimum atomic E-state index is -1.13. The number of carbonyl (C=O) groups excluding carboxylic acids is 2. The molecule has 354 valence electrons. The van der Waals surface area contributed by atoms with Crippen LogP contribution in [0.15, 0.2) is 118 Å². The van der Waals surface area contributed by atoms with E-state index in [1.54, 1.807) is 73.9 Å². The van der Waals surface area contributed by atoms with Gasteiger partial charge in [-0.05, 0) is 96.2 Å². The molecule has 3 unspecified atom stereocenters. The molecule has 67 heavy (non-hydrogen) atoms. The monoisotopic (exact) mass is 916 g/mol. The molecule has 1 saturated heterocycles. The van der Waals surface area contributed by atoms with Gasteiger partial charge in [-0.1, -0.05) is 64.1 Å². The standard InChI is InChI=1S/C51H60N6O10/c1-30(2)20-42(56-17-7-6-14-46(56)60)50(66)54-41(27-49(64)65)36-12-9-13-37(24-36)55-18-16-44(58)39(29-55)34-15-19-57(47(61)25-34)43(21-31(3)4)51(67)53-40(26-48(62)63)35-11-8-10-33(23-35)38-28-52-45(59)22-32(38)5/h6-15,17,19,22-25,28,30-31,39-44,58H,16,18,20-21,26-27,29H2,1-5H3,(H,52,59)(H,53,67)(H,54,66)(H,62,63)(H,64,65)/t39?,40-,41-,42-,43?,44?/m0/s1. The first-order chi connectivity index (χ1) is 31.9. The van der Waals surface area contributed by atoms with Gasteiger partial charge in [-0.25, -0.2) is 0 Å². The lowest BCUT2D eigenvalue weighted by Crippen LogP contribution is -2.43. The van der Waals surface area contributed by atoms with E-state index in [9.17, 15) is 48.9 Å². The number of piperidine rings is 1. The van der Waals surface area contributed by atoms with Crippen LogP contribution < -0.4 is 32.2 Å². The Morgan fingerprint density at radius 3 is 1.88 bits per heavy atom. The van der Waals surface area contributed by atoms with Gasteiger partial charge in [0.15, 0.2) is 0 Å². The van der Waals surface area contributed by atoms with Crippen molar-refractivity contribution in [2.45, 2.75) is 103 Å². The van der Waals surface area contributed by atoms with Crippen molar-refractivity contribution in [3.63, 3.8) is 0 Å². The van der Waals surface area contributed by atoms with Gasteiger partial charge < -0.3 is 45.0 Å². The van der Waals surface area contributed by atoms with Crippen LogP contribution in [0.3, 0.4) is 0 Å². The number of carboxylic acids is 2. The summed E-state index contributed by atoms with van der Waals surface area (Å²) in [6.45, 7) is 10.2. The second kappa shape index (κ2) is 21.9. The van der Waals surface area contributed by atoms with E-state index in [1.807, 2.05) is 44.7 Å². The molecule has 1 fully saturated rings. The highest BCUT2D eigenvalue weighted by molar-refractivity contribution is 5.82. The summed E-state index contributed by atoms with van der Waals surface area (Å²) in [7, 11) is 0. The summed E-state index contributed by atoms with van der Waals surface area (Å²) >= 11 is 0. The number of nitrogens with one attached hydrogen (secondary N) is 3. The van der Waals surface area contributed by atoms with Crippen LogP contribution in [0.25, 0.3) is 11.1 Å². The number of aliphatic hydroxyl groups excluding tert-OH is 1. The Kier molecular flexibility index (Phi) is 16.2. The summed E-state index contributed by atoms with van der Waals surface area (Å²) in [5.74, 6) is -3.77. The van der Waals surface area contributed by atoms with E-state index in [0.29, 0.717) is 48.3 Å². The zero-order valence-electron chi connectivity index (χ0n) is 38.4. The largest absolute Gasteiger partial charge is 0.481 e. The van der Waals surface area contributed by atoms with Crippen molar-refractivity contribution in [3.8, 4) is 11.1 Å². The molecule has 6 atom stereocenters. The van der Waals surface area contributed by atoms with Crippen molar-refractivity contribution < 1.29 is 34.5 Å². The molecule has 6 N–H and O–H groups in total. The van der Waals surface area contributed by atoms with Crippen molar-refractivity contribution in [2.24, 2.45) is 11.8 Å². The zero-order valence-corrected chi connectivity index (χ0v) is 38.4. The summed E-state index contributed by atoms with van der Waals surface area (Å²) in [6.07, 6.45) is 4.00. The van der Waals surface area contributed by atoms with E-state index < -0.39 is 78.3 Å². The number of aryl methyl sites for hydroxylation is 1. The first-order valence-corrected chi connectivity index (χ1v) is 22.6. The molecule has 1 aliphatic heterocycles. The van der Waals surface area contributed by atoms with Crippen LogP contribution in [0.2, 0.25) is 0 Å². The highest BCUT2D eigenvalue weighted by Gasteiger charge is 2.33. The fourth-order valence-electron chi connectivity index (χ4n) is 8.91. The molecule has 16 nitrogen and oxygen atoms in total. The zero-order chi connectivity index (χ0) is 48.5. The molecule has 1 aliphatic rings. The second-order valence-electron chi connectivity index (χ2n) is 18.3. The predicted molar refractivity (Wildman–Crippen MR) is 254 cm³/mol. The Hall–Kier alpha value is -7.07. The van der Waals surface area contributed by atoms with Gasteiger partial charge in [0, 0.05) is 67.0 Å². The lowest BCUT2D eigenvalue weighted by molar-refractivity contribution is -0.139. The number of carboxylic acid groups (broad SMARTS) is 2. The first-order valence-electron chi connectivity index (χ1n) is 22.6. The Balaban J connectivity index is 1.22. The van der Waals surface area contributed by atoms with Gasteiger partial charge in [0.1, 0.15) is 12.1 Å². The van der Waals surface area contributed by atoms with Crippen LogP contribution in [0.5, 0.6) is 0 Å². The molecular weight excluding hydrogens is 857 g/mol. The summed E-state index contributed by atoms with van der Waals surface area (Å²) in [5.41, 5.74) is 3.46. The Morgan fingerprint density at radius 2 is 1.31 bits per heavy atom. The highest BCUT2D eigenvalue weighted by Crippen LogP contribution is 2.33. The third-order valence-corrected chi connectivity index (χ3v) is 12.3. The lowest BCUT2D eigenvalue weighted by atomic mass is 9.88. The Bertz CT molecular complexity index is 2760. The number of aromatic amines is 1. The quantitative estimate of drug-likeness (QED) is 0.0574. The van der Waals surface area contributed by atoms with Crippen LogP contribution >= 0.6 is 0 Å². The fourth-order valence-corrected chi connectivity index (χ4v) is 8.91. The average molecular weight is 917 g/mol. The molecule has 0 saturated carbocycles. The third kappa shape index (κ3) is 12.6. The van der Waals surface area contributed by atoms with Gasteiger partial charge in [0.2, 0.25) is 17.4 Å². The maximum absolute atomic E-state index is 14.2. The lowest BCUT2D eigenvalue weighted by Gasteiger charge is -2.38. The van der Waals surface area contributed by atoms with Gasteiger partial charge in [-0.15, -0.1) is 0 Å². The number of benzene rings is 2. The second-order valence-corrected chi connectivity index (χ2v) is 18.3.